The van der Waals surface area contributed by atoms with Crippen LogP contribution >= 0.6 is 0 Å². The number of hydrogen-bond acceptors (Lipinski definition) is 3. The molecule has 1 fully saturated rings. The minimum atomic E-state index is -0.261. The molecule has 2 aromatic rings. The van der Waals surface area contributed by atoms with Gasteiger partial charge in [-0.1, -0.05) is 36.3 Å². The second-order valence-corrected chi connectivity index (χ2v) is 6.06. The van der Waals surface area contributed by atoms with E-state index in [1.54, 1.807) is 24.3 Å². The van der Waals surface area contributed by atoms with Crippen molar-refractivity contribution in [3.05, 3.63) is 71.3 Å². The van der Waals surface area contributed by atoms with Crippen LogP contribution in [0, 0.1) is 17.6 Å². The molecule has 0 unspecified atom stereocenters. The van der Waals surface area contributed by atoms with Gasteiger partial charge in [0.1, 0.15) is 18.7 Å². The number of halogens is 2. The number of oxime groups is 1. The molecule has 24 heavy (non-hydrogen) atoms. The number of rotatable bonds is 3. The quantitative estimate of drug-likeness (QED) is 0.848. The van der Waals surface area contributed by atoms with E-state index in [2.05, 4.69) is 17.4 Å². The van der Waals surface area contributed by atoms with Crippen molar-refractivity contribution in [2.75, 3.05) is 7.11 Å². The molecule has 0 aromatic heterocycles. The SMILES string of the molecule is CO/N=C1\C[C@@H](c2ccc(F)cc2)N[C@@H](c2ccc(F)cc2)[C@@H]1C. The predicted octanol–water partition coefficient (Wildman–Crippen LogP) is 4.38. The Morgan fingerprint density at radius 1 is 0.958 bits per heavy atom. The molecule has 1 heterocycles. The van der Waals surface area contributed by atoms with Crippen LogP contribution in [0.25, 0.3) is 0 Å². The van der Waals surface area contributed by atoms with Crippen molar-refractivity contribution in [1.82, 2.24) is 5.32 Å². The van der Waals surface area contributed by atoms with E-state index in [0.29, 0.717) is 6.42 Å². The summed E-state index contributed by atoms with van der Waals surface area (Å²) in [5.74, 6) is -0.418. The summed E-state index contributed by atoms with van der Waals surface area (Å²) < 4.78 is 26.4. The van der Waals surface area contributed by atoms with Crippen LogP contribution in [0.3, 0.4) is 0 Å². The minimum absolute atomic E-state index is 0.00856. The van der Waals surface area contributed by atoms with E-state index >= 15 is 0 Å². The molecule has 1 saturated heterocycles. The van der Waals surface area contributed by atoms with Gasteiger partial charge in [0.05, 0.1) is 5.71 Å². The molecule has 0 aliphatic carbocycles. The maximum atomic E-state index is 13.2. The van der Waals surface area contributed by atoms with Crippen molar-refractivity contribution in [3.63, 3.8) is 0 Å². The van der Waals surface area contributed by atoms with Crippen LogP contribution in [-0.4, -0.2) is 12.8 Å². The molecule has 2 aromatic carbocycles. The molecule has 3 rings (SSSR count). The van der Waals surface area contributed by atoms with Crippen molar-refractivity contribution in [2.24, 2.45) is 11.1 Å². The Bertz CT molecular complexity index is 713. The minimum Gasteiger partial charge on any atom is -0.399 e. The smallest absolute Gasteiger partial charge is 0.123 e. The highest BCUT2D eigenvalue weighted by atomic mass is 19.1. The summed E-state index contributed by atoms with van der Waals surface area (Å²) >= 11 is 0. The first kappa shape index (κ1) is 16.6. The summed E-state index contributed by atoms with van der Waals surface area (Å²) in [5.41, 5.74) is 2.90. The monoisotopic (exact) mass is 330 g/mol. The van der Waals surface area contributed by atoms with Gasteiger partial charge in [-0.2, -0.15) is 0 Å². The lowest BCUT2D eigenvalue weighted by Crippen LogP contribution is -2.41. The van der Waals surface area contributed by atoms with Gasteiger partial charge in [0.2, 0.25) is 0 Å². The number of piperidine rings is 1. The van der Waals surface area contributed by atoms with Gasteiger partial charge in [-0.15, -0.1) is 0 Å². The fraction of sp³-hybridized carbons (Fsp3) is 0.316. The summed E-state index contributed by atoms with van der Waals surface area (Å²) in [6, 6.07) is 12.9. The third-order valence-electron chi connectivity index (χ3n) is 4.53. The number of nitrogens with one attached hydrogen (secondary N) is 1. The maximum Gasteiger partial charge on any atom is 0.123 e. The van der Waals surface area contributed by atoms with Crippen LogP contribution < -0.4 is 5.32 Å². The van der Waals surface area contributed by atoms with Gasteiger partial charge in [0, 0.05) is 24.4 Å². The summed E-state index contributed by atoms with van der Waals surface area (Å²) in [7, 11) is 1.53. The van der Waals surface area contributed by atoms with Gasteiger partial charge in [-0.3, -0.25) is 0 Å². The molecular weight excluding hydrogens is 310 g/mol. The van der Waals surface area contributed by atoms with Gasteiger partial charge in [-0.25, -0.2) is 8.78 Å². The molecule has 3 nitrogen and oxygen atoms in total. The molecule has 3 atom stereocenters. The Morgan fingerprint density at radius 3 is 2.04 bits per heavy atom. The molecule has 1 aliphatic heterocycles. The summed E-state index contributed by atoms with van der Waals surface area (Å²) in [4.78, 5) is 5.00. The van der Waals surface area contributed by atoms with E-state index in [4.69, 9.17) is 4.84 Å². The zero-order valence-electron chi connectivity index (χ0n) is 13.7. The van der Waals surface area contributed by atoms with Crippen LogP contribution in [0.5, 0.6) is 0 Å². The maximum absolute atomic E-state index is 13.2. The number of hydrogen-bond donors (Lipinski definition) is 1. The fourth-order valence-corrected chi connectivity index (χ4v) is 3.21. The molecule has 0 bridgehead atoms. The van der Waals surface area contributed by atoms with Crippen molar-refractivity contribution in [3.8, 4) is 0 Å². The van der Waals surface area contributed by atoms with E-state index < -0.39 is 0 Å². The number of benzene rings is 2. The largest absolute Gasteiger partial charge is 0.399 e. The van der Waals surface area contributed by atoms with Crippen molar-refractivity contribution in [1.29, 1.82) is 0 Å². The molecule has 0 spiro atoms. The normalized spacial score (nSPS) is 25.7. The molecular formula is C19H20F2N2O. The van der Waals surface area contributed by atoms with E-state index in [1.807, 2.05) is 0 Å². The Hall–Kier alpha value is -2.27. The van der Waals surface area contributed by atoms with Crippen LogP contribution in [0.1, 0.15) is 36.6 Å². The lowest BCUT2D eigenvalue weighted by molar-refractivity contribution is 0.205. The van der Waals surface area contributed by atoms with Crippen molar-refractivity contribution >= 4 is 5.71 Å². The summed E-state index contributed by atoms with van der Waals surface area (Å²) in [6.45, 7) is 2.07. The molecule has 126 valence electrons. The average molecular weight is 330 g/mol. The lowest BCUT2D eigenvalue weighted by Gasteiger charge is -2.37. The summed E-state index contributed by atoms with van der Waals surface area (Å²) in [5, 5.41) is 7.76. The third kappa shape index (κ3) is 3.46. The van der Waals surface area contributed by atoms with E-state index in [0.717, 1.165) is 16.8 Å². The highest BCUT2D eigenvalue weighted by Gasteiger charge is 2.34. The zero-order chi connectivity index (χ0) is 17.1. The molecule has 0 amide bonds. The predicted molar refractivity (Wildman–Crippen MR) is 89.6 cm³/mol. The standard InChI is InChI=1S/C19H20F2N2O/c1-12-17(23-24-2)11-18(13-3-7-15(20)8-4-13)22-19(12)14-5-9-16(21)10-6-14/h3-10,12,18-19,22H,11H2,1-2H3/b23-17+/t12-,18+,19-/m1/s1. The number of nitrogens with zero attached hydrogens (tertiary/aromatic N) is 1. The Morgan fingerprint density at radius 2 is 1.50 bits per heavy atom. The Kier molecular flexibility index (Phi) is 4.90. The van der Waals surface area contributed by atoms with Crippen LogP contribution in [-0.2, 0) is 4.84 Å². The molecule has 1 aliphatic rings. The topological polar surface area (TPSA) is 33.6 Å². The van der Waals surface area contributed by atoms with Gasteiger partial charge in [0.25, 0.3) is 0 Å². The van der Waals surface area contributed by atoms with Gasteiger partial charge < -0.3 is 10.2 Å². The summed E-state index contributed by atoms with van der Waals surface area (Å²) in [6.07, 6.45) is 0.679. The van der Waals surface area contributed by atoms with Crippen molar-refractivity contribution in [2.45, 2.75) is 25.4 Å². The second-order valence-electron chi connectivity index (χ2n) is 6.06. The van der Waals surface area contributed by atoms with Crippen LogP contribution in [0.4, 0.5) is 8.78 Å². The van der Waals surface area contributed by atoms with E-state index in [1.165, 1.54) is 31.4 Å². The highest BCUT2D eigenvalue weighted by Crippen LogP contribution is 2.35. The average Bonchev–Trinajstić information content (AvgIpc) is 2.58. The van der Waals surface area contributed by atoms with Crippen LogP contribution in [0.15, 0.2) is 53.7 Å². The van der Waals surface area contributed by atoms with Gasteiger partial charge in [0.15, 0.2) is 0 Å². The third-order valence-corrected chi connectivity index (χ3v) is 4.53. The first-order chi connectivity index (χ1) is 11.6. The second kappa shape index (κ2) is 7.09. The fourth-order valence-electron chi connectivity index (χ4n) is 3.21. The molecule has 0 radical (unpaired) electrons. The Balaban J connectivity index is 1.93. The molecule has 0 saturated carbocycles. The van der Waals surface area contributed by atoms with Crippen LogP contribution in [0.2, 0.25) is 0 Å². The Labute approximate surface area is 140 Å². The van der Waals surface area contributed by atoms with Crippen molar-refractivity contribution < 1.29 is 13.6 Å². The van der Waals surface area contributed by atoms with E-state index in [9.17, 15) is 8.78 Å². The van der Waals surface area contributed by atoms with E-state index in [-0.39, 0.29) is 29.6 Å². The van der Waals surface area contributed by atoms with Gasteiger partial charge >= 0.3 is 0 Å². The first-order valence-corrected chi connectivity index (χ1v) is 7.95. The lowest BCUT2D eigenvalue weighted by atomic mass is 9.81. The zero-order valence-corrected chi connectivity index (χ0v) is 13.7. The highest BCUT2D eigenvalue weighted by molar-refractivity contribution is 5.88. The first-order valence-electron chi connectivity index (χ1n) is 7.95. The molecule has 5 heteroatoms. The van der Waals surface area contributed by atoms with Gasteiger partial charge in [-0.05, 0) is 35.4 Å². The molecule has 1 N–H and O–H groups in total.